The number of hydrogen-bond donors (Lipinski definition) is 0. The molecule has 3 heterocycles. The number of aromatic nitrogens is 3. The molecule has 0 saturated carbocycles. The molecule has 0 bridgehead atoms. The summed E-state index contributed by atoms with van der Waals surface area (Å²) in [5, 5.41) is 4.64. The summed E-state index contributed by atoms with van der Waals surface area (Å²) in [7, 11) is 0. The Morgan fingerprint density at radius 1 is 1.03 bits per heavy atom. The molecule has 2 aromatic heterocycles. The van der Waals surface area contributed by atoms with Crippen molar-refractivity contribution in [1.82, 2.24) is 20.0 Å². The number of halogens is 5. The molecule has 0 atom stereocenters. The van der Waals surface area contributed by atoms with Gasteiger partial charge in [0.15, 0.2) is 0 Å². The first-order valence-corrected chi connectivity index (χ1v) is 10.3. The largest absolute Gasteiger partial charge is 0.417 e. The molecule has 0 aliphatic carbocycles. The van der Waals surface area contributed by atoms with E-state index in [0.717, 1.165) is 30.8 Å². The van der Waals surface area contributed by atoms with Crippen molar-refractivity contribution in [2.75, 3.05) is 31.1 Å². The van der Waals surface area contributed by atoms with Crippen molar-refractivity contribution in [3.05, 3.63) is 58.0 Å². The molecule has 0 amide bonds. The highest BCUT2D eigenvalue weighted by Gasteiger charge is 2.32. The molecule has 1 fully saturated rings. The Balaban J connectivity index is 1.39. The van der Waals surface area contributed by atoms with Crippen LogP contribution in [-0.4, -0.2) is 46.2 Å². The molecule has 4 rings (SSSR count). The van der Waals surface area contributed by atoms with Crippen molar-refractivity contribution < 1.29 is 17.7 Å². The fraction of sp³-hybridized carbons (Fsp3) is 0.350. The van der Waals surface area contributed by atoms with E-state index in [1.165, 1.54) is 0 Å². The molecule has 1 saturated heterocycles. The van der Waals surface area contributed by atoms with Gasteiger partial charge in [0.2, 0.25) is 11.7 Å². The van der Waals surface area contributed by atoms with Gasteiger partial charge >= 0.3 is 6.18 Å². The molecule has 0 radical (unpaired) electrons. The predicted molar refractivity (Wildman–Crippen MR) is 111 cm³/mol. The van der Waals surface area contributed by atoms with E-state index >= 15 is 0 Å². The zero-order valence-corrected chi connectivity index (χ0v) is 17.8. The summed E-state index contributed by atoms with van der Waals surface area (Å²) in [4.78, 5) is 12.5. The molecule has 164 valence electrons. The zero-order chi connectivity index (χ0) is 22.0. The molecular weight excluding hydrogens is 454 g/mol. The van der Waals surface area contributed by atoms with Gasteiger partial charge in [-0.05, 0) is 36.8 Å². The van der Waals surface area contributed by atoms with Gasteiger partial charge in [0.05, 0.1) is 17.1 Å². The molecule has 31 heavy (non-hydrogen) atoms. The lowest BCUT2D eigenvalue weighted by molar-refractivity contribution is -0.137. The van der Waals surface area contributed by atoms with Crippen LogP contribution in [0.5, 0.6) is 0 Å². The highest BCUT2D eigenvalue weighted by molar-refractivity contribution is 6.33. The summed E-state index contributed by atoms with van der Waals surface area (Å²) in [6, 6.07) is 8.08. The average Bonchev–Trinajstić information content (AvgIpc) is 3.06. The van der Waals surface area contributed by atoms with Crippen LogP contribution in [0.1, 0.15) is 17.9 Å². The summed E-state index contributed by atoms with van der Waals surface area (Å²) in [5.41, 5.74) is -0.0463. The Labute approximate surface area is 186 Å². The first kappa shape index (κ1) is 21.9. The van der Waals surface area contributed by atoms with Gasteiger partial charge in [-0.2, -0.15) is 18.2 Å². The fourth-order valence-corrected chi connectivity index (χ4v) is 3.80. The third-order valence-electron chi connectivity index (χ3n) is 4.97. The van der Waals surface area contributed by atoms with Crippen molar-refractivity contribution >= 4 is 29.0 Å². The van der Waals surface area contributed by atoms with E-state index in [9.17, 15) is 13.2 Å². The van der Waals surface area contributed by atoms with E-state index < -0.39 is 11.7 Å². The minimum Gasteiger partial charge on any atom is -0.354 e. The maximum Gasteiger partial charge on any atom is 0.417 e. The number of nitrogens with zero attached hydrogens (tertiary/aromatic N) is 5. The molecule has 0 spiro atoms. The van der Waals surface area contributed by atoms with Crippen molar-refractivity contribution in [2.45, 2.75) is 19.1 Å². The van der Waals surface area contributed by atoms with Crippen LogP contribution in [-0.2, 0) is 12.7 Å². The predicted octanol–water partition coefficient (Wildman–Crippen LogP) is 5.17. The fourth-order valence-electron chi connectivity index (χ4n) is 3.39. The minimum atomic E-state index is -4.47. The Bertz CT molecular complexity index is 1040. The van der Waals surface area contributed by atoms with E-state index in [2.05, 4.69) is 20.0 Å². The van der Waals surface area contributed by atoms with Crippen LogP contribution in [0.2, 0.25) is 10.0 Å². The zero-order valence-electron chi connectivity index (χ0n) is 16.2. The Hall–Kier alpha value is -2.36. The second-order valence-corrected chi connectivity index (χ2v) is 8.01. The number of benzene rings is 1. The molecule has 3 aromatic rings. The van der Waals surface area contributed by atoms with Gasteiger partial charge in [-0.3, -0.25) is 4.90 Å². The van der Waals surface area contributed by atoms with Crippen molar-refractivity contribution in [3.63, 3.8) is 0 Å². The molecule has 1 aliphatic heterocycles. The van der Waals surface area contributed by atoms with E-state index in [0.29, 0.717) is 48.7 Å². The molecule has 0 unspecified atom stereocenters. The second kappa shape index (κ2) is 9.02. The third kappa shape index (κ3) is 5.28. The maximum absolute atomic E-state index is 12.8. The molecule has 6 nitrogen and oxygen atoms in total. The van der Waals surface area contributed by atoms with E-state index in [-0.39, 0.29) is 5.02 Å². The van der Waals surface area contributed by atoms with E-state index in [1.54, 1.807) is 12.1 Å². The Morgan fingerprint density at radius 2 is 1.81 bits per heavy atom. The smallest absolute Gasteiger partial charge is 0.354 e. The highest BCUT2D eigenvalue weighted by Crippen LogP contribution is 2.33. The van der Waals surface area contributed by atoms with Gasteiger partial charge in [0.1, 0.15) is 5.82 Å². The monoisotopic (exact) mass is 471 g/mol. The molecule has 1 aliphatic rings. The highest BCUT2D eigenvalue weighted by atomic mass is 35.5. The lowest BCUT2D eigenvalue weighted by atomic mass is 10.2. The van der Waals surface area contributed by atoms with Crippen LogP contribution in [0.3, 0.4) is 0 Å². The van der Waals surface area contributed by atoms with Gasteiger partial charge < -0.3 is 9.42 Å². The van der Waals surface area contributed by atoms with E-state index in [1.807, 2.05) is 17.0 Å². The molecule has 1 aromatic carbocycles. The van der Waals surface area contributed by atoms with Crippen LogP contribution in [0, 0.1) is 0 Å². The van der Waals surface area contributed by atoms with Crippen LogP contribution in [0.15, 0.2) is 41.1 Å². The lowest BCUT2D eigenvalue weighted by Crippen LogP contribution is -2.31. The van der Waals surface area contributed by atoms with Crippen LogP contribution >= 0.6 is 23.2 Å². The quantitative estimate of drug-likeness (QED) is 0.523. The molecular formula is C20H18Cl2F3N5O. The Morgan fingerprint density at radius 3 is 2.52 bits per heavy atom. The molecule has 0 N–H and O–H groups in total. The van der Waals surface area contributed by atoms with Crippen LogP contribution in [0.25, 0.3) is 11.4 Å². The lowest BCUT2D eigenvalue weighted by Gasteiger charge is -2.23. The summed E-state index contributed by atoms with van der Waals surface area (Å²) in [6.07, 6.45) is -2.86. The van der Waals surface area contributed by atoms with Crippen molar-refractivity contribution in [1.29, 1.82) is 0 Å². The SMILES string of the molecule is FC(F)(F)c1cnc(N2CCCN(Cc3nc(-c4ccc(Cl)cc4)no3)CC2)c(Cl)c1. The number of rotatable bonds is 4. The van der Waals surface area contributed by atoms with Crippen molar-refractivity contribution in [2.24, 2.45) is 0 Å². The van der Waals surface area contributed by atoms with Gasteiger partial charge in [-0.1, -0.05) is 28.4 Å². The summed E-state index contributed by atoms with van der Waals surface area (Å²) in [6.45, 7) is 3.10. The van der Waals surface area contributed by atoms with Crippen LogP contribution < -0.4 is 4.90 Å². The van der Waals surface area contributed by atoms with Gasteiger partial charge in [-0.15, -0.1) is 0 Å². The maximum atomic E-state index is 12.8. The number of pyridine rings is 1. The standard InChI is InChI=1S/C20H18Cl2F3N5O/c21-15-4-2-13(3-5-15)18-27-17(31-28-18)12-29-6-1-7-30(9-8-29)19-16(22)10-14(11-26-19)20(23,24)25/h2-5,10-11H,1,6-9,12H2. The minimum absolute atomic E-state index is 0.00668. The van der Waals surface area contributed by atoms with Gasteiger partial charge in [-0.25, -0.2) is 4.98 Å². The second-order valence-electron chi connectivity index (χ2n) is 7.16. The topological polar surface area (TPSA) is 58.3 Å². The van der Waals surface area contributed by atoms with Crippen molar-refractivity contribution in [3.8, 4) is 11.4 Å². The average molecular weight is 472 g/mol. The summed E-state index contributed by atoms with van der Waals surface area (Å²) in [5.74, 6) is 1.34. The van der Waals surface area contributed by atoms with Gasteiger partial charge in [0, 0.05) is 43.0 Å². The summed E-state index contributed by atoms with van der Waals surface area (Å²) < 4.78 is 43.9. The first-order valence-electron chi connectivity index (χ1n) is 9.58. The number of hydrogen-bond acceptors (Lipinski definition) is 6. The molecule has 11 heteroatoms. The number of anilines is 1. The first-order chi connectivity index (χ1) is 14.8. The van der Waals surface area contributed by atoms with Gasteiger partial charge in [0.25, 0.3) is 0 Å². The summed E-state index contributed by atoms with van der Waals surface area (Å²) >= 11 is 12.0. The van der Waals surface area contributed by atoms with Crippen LogP contribution in [0.4, 0.5) is 19.0 Å². The Kier molecular flexibility index (Phi) is 6.36. The third-order valence-corrected chi connectivity index (χ3v) is 5.50. The normalized spacial score (nSPS) is 15.8. The van der Waals surface area contributed by atoms with E-state index in [4.69, 9.17) is 27.7 Å². The number of alkyl halides is 3.